The minimum absolute atomic E-state index is 0.152. The second-order valence-electron chi connectivity index (χ2n) is 24.2. The van der Waals surface area contributed by atoms with Gasteiger partial charge in [-0.25, -0.2) is 0 Å². The maximum Gasteiger partial charge on any atom is 0.312 e. The quantitative estimate of drug-likeness (QED) is 0.0356. The largest absolute Gasteiger partial charge is 0.508 e. The maximum atomic E-state index is 15.2. The van der Waals surface area contributed by atoms with Crippen molar-refractivity contribution in [2.45, 2.75) is 114 Å². The summed E-state index contributed by atoms with van der Waals surface area (Å²) in [6.45, 7) is 14.8. The molecule has 0 aliphatic heterocycles. The Morgan fingerprint density at radius 3 is 0.778 bits per heavy atom. The number of hydrogen-bond acceptors (Lipinski definition) is 13. The van der Waals surface area contributed by atoms with Crippen LogP contribution in [0.15, 0.2) is 146 Å². The fraction of sp³-hybridized carbons (Fsp3) is 0.269. The smallest absolute Gasteiger partial charge is 0.312 e. The van der Waals surface area contributed by atoms with Crippen LogP contribution in [0, 0.1) is 0 Å². The van der Waals surface area contributed by atoms with E-state index < -0.39 is 39.0 Å². The molecule has 0 saturated heterocycles. The number of aliphatic carboxylic acids is 1. The standard InChI is InChI=1S/C67H70O14/c1-63(2,33-37-17-45(68)29-46(69)18-37)53-25-41(9-13-57(53)76)61(62(80)81)67(42-10-14-58(77)54(26-42)64(3,4)34-38-19-47(70)30-48(71)20-38,43-11-15-59(78)55(27-43)65(5,6)35-39-21-49(72)31-50(73)22-39)44-12-16-60(79)56(28-44)66(7,8)36-40-23-51(74)32-52(75)24-40/h9-32,61,68-79H,33-36H2,1-8H3,(H,80,81). The highest BCUT2D eigenvalue weighted by atomic mass is 16.4. The molecule has 0 aliphatic rings. The molecular formula is C67H70O14. The van der Waals surface area contributed by atoms with Gasteiger partial charge in [-0.15, -0.1) is 0 Å². The molecule has 0 aromatic heterocycles. The van der Waals surface area contributed by atoms with Gasteiger partial charge in [-0.1, -0.05) is 104 Å². The van der Waals surface area contributed by atoms with Crippen LogP contribution >= 0.6 is 0 Å². The van der Waals surface area contributed by atoms with Gasteiger partial charge in [0.15, 0.2) is 0 Å². The average molecular weight is 1100 g/mol. The molecule has 8 aromatic rings. The molecule has 8 aromatic carbocycles. The highest BCUT2D eigenvalue weighted by Crippen LogP contribution is 2.55. The molecule has 0 bridgehead atoms. The van der Waals surface area contributed by atoms with E-state index in [2.05, 4.69) is 0 Å². The Morgan fingerprint density at radius 2 is 0.543 bits per heavy atom. The number of aromatic hydroxyl groups is 12. The van der Waals surface area contributed by atoms with Crippen LogP contribution in [0.4, 0.5) is 0 Å². The summed E-state index contributed by atoms with van der Waals surface area (Å²) < 4.78 is 0. The van der Waals surface area contributed by atoms with E-state index in [9.17, 15) is 66.4 Å². The topological polar surface area (TPSA) is 280 Å². The Labute approximate surface area is 470 Å². The third-order valence-corrected chi connectivity index (χ3v) is 15.7. The molecule has 14 heteroatoms. The molecule has 0 aliphatic carbocycles. The predicted molar refractivity (Wildman–Crippen MR) is 309 cm³/mol. The van der Waals surface area contributed by atoms with Gasteiger partial charge < -0.3 is 66.4 Å². The fourth-order valence-corrected chi connectivity index (χ4v) is 12.3. The lowest BCUT2D eigenvalue weighted by Gasteiger charge is -2.43. The number of rotatable bonds is 18. The maximum absolute atomic E-state index is 15.2. The van der Waals surface area contributed by atoms with E-state index in [4.69, 9.17) is 0 Å². The highest BCUT2D eigenvalue weighted by Gasteiger charge is 2.51. The lowest BCUT2D eigenvalue weighted by atomic mass is 9.58. The van der Waals surface area contributed by atoms with Crippen LogP contribution in [0.5, 0.6) is 69.0 Å². The number of hydrogen-bond donors (Lipinski definition) is 13. The molecule has 0 heterocycles. The number of phenolic OH excluding ortho intramolecular Hbond substituents is 12. The summed E-state index contributed by atoms with van der Waals surface area (Å²) >= 11 is 0. The molecule has 0 saturated carbocycles. The molecule has 8 rings (SSSR count). The number of carbonyl (C=O) groups is 1. The summed E-state index contributed by atoms with van der Waals surface area (Å²) in [5, 5.41) is 145. The van der Waals surface area contributed by atoms with E-state index in [0.717, 1.165) is 0 Å². The summed E-state index contributed by atoms with van der Waals surface area (Å²) in [7, 11) is 0. The second kappa shape index (κ2) is 21.5. The molecule has 14 nitrogen and oxygen atoms in total. The van der Waals surface area contributed by atoms with Gasteiger partial charge in [0.1, 0.15) is 69.0 Å². The van der Waals surface area contributed by atoms with Crippen molar-refractivity contribution in [1.82, 2.24) is 0 Å². The normalized spacial score (nSPS) is 12.8. The van der Waals surface area contributed by atoms with Crippen LogP contribution in [0.1, 0.15) is 128 Å². The van der Waals surface area contributed by atoms with Crippen LogP contribution in [0.2, 0.25) is 0 Å². The lowest BCUT2D eigenvalue weighted by molar-refractivity contribution is -0.140. The molecular weight excluding hydrogens is 1030 g/mol. The molecule has 0 amide bonds. The zero-order chi connectivity index (χ0) is 59.3. The first-order valence-electron chi connectivity index (χ1n) is 26.4. The Kier molecular flexibility index (Phi) is 15.4. The summed E-state index contributed by atoms with van der Waals surface area (Å²) in [5.74, 6) is -5.18. The van der Waals surface area contributed by atoms with Gasteiger partial charge in [-0.05, 0) is 165 Å². The van der Waals surface area contributed by atoms with E-state index in [-0.39, 0.29) is 100 Å². The SMILES string of the molecule is CC(C)(Cc1cc(O)cc(O)c1)c1cc(C(C(=O)O)C(c2ccc(O)c(C(C)(C)Cc3cc(O)cc(O)c3)c2)(c2ccc(O)c(C(C)(C)Cc3cc(O)cc(O)c3)c2)c2ccc(O)c(C(C)(C)Cc3cc(O)cc(O)c3)c2)ccc1O. The third-order valence-electron chi connectivity index (χ3n) is 15.7. The molecule has 0 spiro atoms. The fourth-order valence-electron chi connectivity index (χ4n) is 12.3. The van der Waals surface area contributed by atoms with Crippen molar-refractivity contribution in [3.05, 3.63) is 212 Å². The van der Waals surface area contributed by atoms with Crippen LogP contribution in [0.25, 0.3) is 0 Å². The molecule has 0 radical (unpaired) electrons. The van der Waals surface area contributed by atoms with Crippen molar-refractivity contribution in [1.29, 1.82) is 0 Å². The molecule has 81 heavy (non-hydrogen) atoms. The third kappa shape index (κ3) is 12.1. The van der Waals surface area contributed by atoms with Gasteiger partial charge in [0, 0.05) is 46.5 Å². The monoisotopic (exact) mass is 1100 g/mol. The van der Waals surface area contributed by atoms with Crippen molar-refractivity contribution in [2.24, 2.45) is 0 Å². The molecule has 1 unspecified atom stereocenters. The Bertz CT molecular complexity index is 3350. The first-order chi connectivity index (χ1) is 37.8. The first kappa shape index (κ1) is 58.0. The molecule has 0 fully saturated rings. The van der Waals surface area contributed by atoms with Crippen molar-refractivity contribution in [2.75, 3.05) is 0 Å². The number of benzene rings is 8. The Morgan fingerprint density at radius 1 is 0.321 bits per heavy atom. The summed E-state index contributed by atoms with van der Waals surface area (Å²) in [5.41, 5.74) is -1.55. The zero-order valence-electron chi connectivity index (χ0n) is 46.5. The van der Waals surface area contributed by atoms with Gasteiger partial charge in [-0.2, -0.15) is 0 Å². The predicted octanol–water partition coefficient (Wildman–Crippen LogP) is 12.4. The van der Waals surface area contributed by atoms with Gasteiger partial charge in [0.2, 0.25) is 0 Å². The van der Waals surface area contributed by atoms with Crippen molar-refractivity contribution in [3.63, 3.8) is 0 Å². The summed E-state index contributed by atoms with van der Waals surface area (Å²) in [6.07, 6.45) is 0.611. The second-order valence-corrected chi connectivity index (χ2v) is 24.2. The van der Waals surface area contributed by atoms with E-state index >= 15 is 4.79 Å². The minimum atomic E-state index is -1.98. The number of phenols is 12. The number of carboxylic acid groups (broad SMARTS) is 1. The summed E-state index contributed by atoms with van der Waals surface area (Å²) in [6, 6.07) is 35.7. The zero-order valence-corrected chi connectivity index (χ0v) is 46.5. The van der Waals surface area contributed by atoms with Crippen LogP contribution < -0.4 is 0 Å². The van der Waals surface area contributed by atoms with E-state index in [1.54, 1.807) is 42.5 Å². The average Bonchev–Trinajstić information content (AvgIpc) is 3.35. The summed E-state index contributed by atoms with van der Waals surface area (Å²) in [4.78, 5) is 15.2. The van der Waals surface area contributed by atoms with Crippen LogP contribution in [-0.2, 0) is 57.6 Å². The van der Waals surface area contributed by atoms with Gasteiger partial charge in [0.25, 0.3) is 0 Å². The Balaban J connectivity index is 1.50. The van der Waals surface area contributed by atoms with Crippen molar-refractivity contribution in [3.8, 4) is 69.0 Å². The molecule has 422 valence electrons. The van der Waals surface area contributed by atoms with Crippen molar-refractivity contribution < 1.29 is 71.2 Å². The van der Waals surface area contributed by atoms with E-state index in [0.29, 0.717) is 61.2 Å². The van der Waals surface area contributed by atoms with Gasteiger partial charge in [0.05, 0.1) is 11.3 Å². The van der Waals surface area contributed by atoms with E-state index in [1.807, 2.05) is 55.4 Å². The van der Waals surface area contributed by atoms with Crippen LogP contribution in [-0.4, -0.2) is 72.4 Å². The number of carboxylic acids is 1. The van der Waals surface area contributed by atoms with E-state index in [1.165, 1.54) is 103 Å². The first-order valence-corrected chi connectivity index (χ1v) is 26.4. The lowest BCUT2D eigenvalue weighted by Crippen LogP contribution is -2.42. The Hall–Kier alpha value is -9.17. The molecule has 1 atom stereocenters. The van der Waals surface area contributed by atoms with Gasteiger partial charge in [-0.3, -0.25) is 4.79 Å². The van der Waals surface area contributed by atoms with Crippen LogP contribution in [0.3, 0.4) is 0 Å². The minimum Gasteiger partial charge on any atom is -0.508 e. The van der Waals surface area contributed by atoms with Crippen molar-refractivity contribution >= 4 is 5.97 Å². The molecule has 13 N–H and O–H groups in total. The highest BCUT2D eigenvalue weighted by molar-refractivity contribution is 5.83. The van der Waals surface area contributed by atoms with Gasteiger partial charge >= 0.3 is 5.97 Å².